The summed E-state index contributed by atoms with van der Waals surface area (Å²) in [6.45, 7) is 13.0. The summed E-state index contributed by atoms with van der Waals surface area (Å²) in [7, 11) is 1.67. The highest BCUT2D eigenvalue weighted by Gasteiger charge is 2.68. The van der Waals surface area contributed by atoms with Crippen LogP contribution in [0.3, 0.4) is 0 Å². The zero-order valence-electron chi connectivity index (χ0n) is 22.0. The van der Waals surface area contributed by atoms with Gasteiger partial charge in [-0.05, 0) is 37.3 Å². The van der Waals surface area contributed by atoms with Gasteiger partial charge in [0, 0.05) is 54.2 Å². The van der Waals surface area contributed by atoms with Crippen molar-refractivity contribution in [3.05, 3.63) is 58.5 Å². The Kier molecular flexibility index (Phi) is 7.27. The maximum Gasteiger partial charge on any atom is 0.130 e. The van der Waals surface area contributed by atoms with E-state index in [9.17, 15) is 10.2 Å². The van der Waals surface area contributed by atoms with Crippen LogP contribution in [-0.4, -0.2) is 59.5 Å². The SMILES string of the molecule is C=C1O[C@H]([C@@H](C)O)[C@H](C)/C=C(\C)[C@]23O[C@@H]4[C@H](C=C[C@@H]2C[C@@H]1OC)[C@H]3[C@H](O)C(C)[C@@H]4NCc1cccs1. The minimum absolute atomic E-state index is 0.00139. The first kappa shape index (κ1) is 26.1. The number of hydrogen-bond acceptors (Lipinski definition) is 7. The van der Waals surface area contributed by atoms with Crippen molar-refractivity contribution in [1.82, 2.24) is 5.32 Å². The van der Waals surface area contributed by atoms with Gasteiger partial charge in [-0.3, -0.25) is 0 Å². The van der Waals surface area contributed by atoms with Gasteiger partial charge in [-0.1, -0.05) is 44.7 Å². The van der Waals surface area contributed by atoms with E-state index in [4.69, 9.17) is 14.2 Å². The average Bonchev–Trinajstić information content (AvgIpc) is 3.42. The molecule has 7 heteroatoms. The van der Waals surface area contributed by atoms with E-state index in [0.717, 1.165) is 12.1 Å². The normalized spacial score (nSPS) is 46.4. The molecule has 1 unspecified atom stereocenters. The number of nitrogens with one attached hydrogen (secondary N) is 1. The lowest BCUT2D eigenvalue weighted by Crippen LogP contribution is -2.59. The average molecular weight is 516 g/mol. The van der Waals surface area contributed by atoms with Crippen molar-refractivity contribution in [1.29, 1.82) is 0 Å². The maximum absolute atomic E-state index is 11.8. The van der Waals surface area contributed by atoms with Gasteiger partial charge < -0.3 is 29.7 Å². The largest absolute Gasteiger partial charge is 0.489 e. The molecule has 36 heavy (non-hydrogen) atoms. The molecule has 4 aliphatic rings. The first-order valence-corrected chi connectivity index (χ1v) is 14.1. The number of aliphatic hydroxyl groups is 2. The number of hydrogen-bond donors (Lipinski definition) is 3. The second-order valence-electron chi connectivity index (χ2n) is 11.3. The minimum Gasteiger partial charge on any atom is -0.489 e. The van der Waals surface area contributed by atoms with Gasteiger partial charge in [0.15, 0.2) is 0 Å². The van der Waals surface area contributed by atoms with Crippen LogP contribution in [0.25, 0.3) is 0 Å². The van der Waals surface area contributed by atoms with Crippen LogP contribution in [0.5, 0.6) is 0 Å². The number of ether oxygens (including phenoxy) is 3. The zero-order valence-corrected chi connectivity index (χ0v) is 22.8. The molecule has 2 fully saturated rings. The molecule has 1 aromatic heterocycles. The third-order valence-electron chi connectivity index (χ3n) is 9.18. The van der Waals surface area contributed by atoms with E-state index in [1.807, 2.05) is 0 Å². The molecule has 2 aliphatic carbocycles. The van der Waals surface area contributed by atoms with Gasteiger partial charge in [-0.2, -0.15) is 0 Å². The fourth-order valence-corrected chi connectivity index (χ4v) is 8.07. The minimum atomic E-state index is -0.676. The molecule has 0 amide bonds. The molecular weight excluding hydrogens is 474 g/mol. The van der Waals surface area contributed by atoms with Gasteiger partial charge in [0.25, 0.3) is 0 Å². The lowest BCUT2D eigenvalue weighted by molar-refractivity contribution is -0.0899. The van der Waals surface area contributed by atoms with Crippen molar-refractivity contribution < 1.29 is 24.4 Å². The van der Waals surface area contributed by atoms with Gasteiger partial charge >= 0.3 is 0 Å². The Labute approximate surface area is 219 Å². The molecule has 6 nitrogen and oxygen atoms in total. The van der Waals surface area contributed by atoms with Gasteiger partial charge in [0.1, 0.15) is 23.6 Å². The molecule has 1 saturated carbocycles. The van der Waals surface area contributed by atoms with Gasteiger partial charge in [0.2, 0.25) is 0 Å². The second kappa shape index (κ2) is 10.0. The number of methoxy groups -OCH3 is 1. The molecule has 12 atom stereocenters. The fourth-order valence-electron chi connectivity index (χ4n) is 7.42. The molecule has 3 heterocycles. The number of rotatable bonds is 5. The lowest BCUT2D eigenvalue weighted by atomic mass is 9.57. The third kappa shape index (κ3) is 4.12. The Morgan fingerprint density at radius 1 is 1.33 bits per heavy atom. The summed E-state index contributed by atoms with van der Waals surface area (Å²) in [6, 6.07) is 4.25. The molecule has 2 aliphatic heterocycles. The Morgan fingerprint density at radius 3 is 2.78 bits per heavy atom. The van der Waals surface area contributed by atoms with Crippen molar-refractivity contribution in [3.8, 4) is 0 Å². The summed E-state index contributed by atoms with van der Waals surface area (Å²) in [4.78, 5) is 1.28. The van der Waals surface area contributed by atoms with Crippen LogP contribution in [0.4, 0.5) is 0 Å². The number of thiophene rings is 1. The zero-order chi connectivity index (χ0) is 25.8. The molecular formula is C29H41NO5S. The summed E-state index contributed by atoms with van der Waals surface area (Å²) in [5.41, 5.74) is 0.451. The summed E-state index contributed by atoms with van der Waals surface area (Å²) < 4.78 is 19.2. The molecule has 0 aromatic carbocycles. The molecule has 5 rings (SSSR count). The van der Waals surface area contributed by atoms with E-state index in [0.29, 0.717) is 12.2 Å². The first-order valence-electron chi connectivity index (χ1n) is 13.2. The standard InChI is InChI=1S/C29H41NO5S/c1-15-12-16(2)29-20(13-23(33-6)19(5)34-27(15)18(4)31)9-10-22-24(29)26(32)17(3)25(28(22)35-29)30-14-21-8-7-11-36-21/h7-12,15,17-18,20,22-28,30-32H,5,13-14H2,1-4,6H3/b16-12+/t15-,17?,18-,20-,22-,23+,24+,25+,26-,27+,28-,29+/m1/s1. The predicted molar refractivity (Wildman–Crippen MR) is 141 cm³/mol. The van der Waals surface area contributed by atoms with E-state index in [-0.39, 0.29) is 47.8 Å². The third-order valence-corrected chi connectivity index (χ3v) is 10.1. The Balaban J connectivity index is 1.56. The van der Waals surface area contributed by atoms with Crippen molar-refractivity contribution in [3.63, 3.8) is 0 Å². The van der Waals surface area contributed by atoms with Crippen molar-refractivity contribution in [2.45, 2.75) is 82.8 Å². The summed E-state index contributed by atoms with van der Waals surface area (Å²) in [5, 5.41) is 28.2. The maximum atomic E-state index is 11.8. The van der Waals surface area contributed by atoms with Crippen LogP contribution < -0.4 is 5.32 Å². The van der Waals surface area contributed by atoms with Crippen LogP contribution in [0.15, 0.2) is 53.7 Å². The monoisotopic (exact) mass is 515 g/mol. The van der Waals surface area contributed by atoms with Gasteiger partial charge in [0.05, 0.1) is 18.3 Å². The molecule has 3 N–H and O–H groups in total. The fraction of sp³-hybridized carbons (Fsp3) is 0.655. The highest BCUT2D eigenvalue weighted by molar-refractivity contribution is 7.09. The van der Waals surface area contributed by atoms with E-state index >= 15 is 0 Å². The molecule has 0 radical (unpaired) electrons. The van der Waals surface area contributed by atoms with E-state index < -0.39 is 23.9 Å². The van der Waals surface area contributed by atoms with E-state index in [1.165, 1.54) is 4.88 Å². The van der Waals surface area contributed by atoms with Crippen LogP contribution in [0.1, 0.15) is 39.0 Å². The first-order chi connectivity index (χ1) is 17.2. The quantitative estimate of drug-likeness (QED) is 0.514. The summed E-state index contributed by atoms with van der Waals surface area (Å²) in [6.07, 6.45) is 5.34. The Bertz CT molecular complexity index is 1010. The topological polar surface area (TPSA) is 80.2 Å². The summed E-state index contributed by atoms with van der Waals surface area (Å²) >= 11 is 1.74. The van der Waals surface area contributed by atoms with Crippen molar-refractivity contribution in [2.24, 2.45) is 29.6 Å². The van der Waals surface area contributed by atoms with Crippen LogP contribution in [0, 0.1) is 29.6 Å². The van der Waals surface area contributed by atoms with Crippen LogP contribution >= 0.6 is 11.3 Å². The second-order valence-corrected chi connectivity index (χ2v) is 12.3. The highest BCUT2D eigenvalue weighted by Crippen LogP contribution is 2.60. The molecule has 1 spiro atoms. The molecule has 1 saturated heterocycles. The highest BCUT2D eigenvalue weighted by atomic mass is 32.1. The van der Waals surface area contributed by atoms with Crippen molar-refractivity contribution in [2.75, 3.05) is 7.11 Å². The van der Waals surface area contributed by atoms with Gasteiger partial charge in [-0.15, -0.1) is 11.3 Å². The predicted octanol–water partition coefficient (Wildman–Crippen LogP) is 4.05. The Hall–Kier alpha value is -1.48. The van der Waals surface area contributed by atoms with Gasteiger partial charge in [-0.25, -0.2) is 0 Å². The molecule has 1 aromatic rings. The van der Waals surface area contributed by atoms with Crippen molar-refractivity contribution >= 4 is 11.3 Å². The lowest BCUT2D eigenvalue weighted by Gasteiger charge is -2.49. The van der Waals surface area contributed by atoms with E-state index in [1.54, 1.807) is 25.4 Å². The van der Waals surface area contributed by atoms with Crippen LogP contribution in [0.2, 0.25) is 0 Å². The van der Waals surface area contributed by atoms with E-state index in [2.05, 4.69) is 68.4 Å². The molecule has 4 bridgehead atoms. The number of aliphatic hydroxyl groups excluding tert-OH is 2. The molecule has 198 valence electrons. The van der Waals surface area contributed by atoms with Crippen LogP contribution in [-0.2, 0) is 20.8 Å². The summed E-state index contributed by atoms with van der Waals surface area (Å²) in [5.74, 6) is 0.570. The smallest absolute Gasteiger partial charge is 0.130 e. The Morgan fingerprint density at radius 2 is 2.11 bits per heavy atom.